The van der Waals surface area contributed by atoms with Crippen molar-refractivity contribution in [1.29, 1.82) is 0 Å². The average Bonchev–Trinajstić information content (AvgIpc) is 3.06. The van der Waals surface area contributed by atoms with Crippen molar-refractivity contribution in [3.8, 4) is 5.75 Å². The Morgan fingerprint density at radius 1 is 1.00 bits per heavy atom. The molecule has 1 N–H and O–H groups in total. The number of benzene rings is 2. The van der Waals surface area contributed by atoms with Gasteiger partial charge in [0, 0.05) is 23.6 Å². The third-order valence-electron chi connectivity index (χ3n) is 5.45. The van der Waals surface area contributed by atoms with E-state index >= 15 is 0 Å². The summed E-state index contributed by atoms with van der Waals surface area (Å²) in [5, 5.41) is 11.1. The van der Waals surface area contributed by atoms with Crippen molar-refractivity contribution < 1.29 is 19.4 Å². The first kappa shape index (κ1) is 20.3. The average molecular weight is 414 g/mol. The molecule has 1 aromatic heterocycles. The molecule has 0 radical (unpaired) electrons. The molecule has 1 aliphatic rings. The van der Waals surface area contributed by atoms with Crippen LogP contribution in [0.4, 0.5) is 5.69 Å². The maximum Gasteiger partial charge on any atom is 0.300 e. The number of carbonyl (C=O) groups is 2. The van der Waals surface area contributed by atoms with Crippen LogP contribution in [0, 0.1) is 13.8 Å². The van der Waals surface area contributed by atoms with E-state index in [1.54, 1.807) is 55.9 Å². The van der Waals surface area contributed by atoms with Gasteiger partial charge in [0.05, 0.1) is 18.7 Å². The van der Waals surface area contributed by atoms with Crippen molar-refractivity contribution in [3.05, 3.63) is 94.8 Å². The van der Waals surface area contributed by atoms with E-state index in [-0.39, 0.29) is 11.3 Å². The van der Waals surface area contributed by atoms with Crippen LogP contribution in [-0.2, 0) is 9.59 Å². The first-order valence-corrected chi connectivity index (χ1v) is 9.85. The van der Waals surface area contributed by atoms with Crippen LogP contribution in [-0.4, -0.2) is 28.9 Å². The number of hydrogen-bond donors (Lipinski definition) is 1. The van der Waals surface area contributed by atoms with Crippen LogP contribution < -0.4 is 9.64 Å². The van der Waals surface area contributed by atoms with Gasteiger partial charge in [-0.05, 0) is 73.0 Å². The molecule has 2 heterocycles. The molecule has 1 atom stereocenters. The number of aryl methyl sites for hydroxylation is 2. The minimum absolute atomic E-state index is 0.0438. The van der Waals surface area contributed by atoms with E-state index in [4.69, 9.17) is 4.74 Å². The van der Waals surface area contributed by atoms with Gasteiger partial charge in [-0.25, -0.2) is 0 Å². The Morgan fingerprint density at radius 2 is 1.68 bits per heavy atom. The van der Waals surface area contributed by atoms with Crippen LogP contribution in [0.15, 0.2) is 72.6 Å². The number of ether oxygens (including phenoxy) is 1. The third-order valence-corrected chi connectivity index (χ3v) is 5.45. The van der Waals surface area contributed by atoms with Gasteiger partial charge in [-0.15, -0.1) is 0 Å². The Kier molecular flexibility index (Phi) is 5.29. The lowest BCUT2D eigenvalue weighted by molar-refractivity contribution is -0.132. The molecule has 2 aromatic carbocycles. The Labute approximate surface area is 180 Å². The largest absolute Gasteiger partial charge is 0.507 e. The first-order valence-electron chi connectivity index (χ1n) is 9.85. The second-order valence-electron chi connectivity index (χ2n) is 7.47. The normalized spacial score (nSPS) is 17.8. The molecule has 1 saturated heterocycles. The number of Topliss-reactive ketones (excluding diaryl/α,β-unsaturated/α-hetero) is 1. The van der Waals surface area contributed by atoms with Gasteiger partial charge in [0.15, 0.2) is 0 Å². The van der Waals surface area contributed by atoms with E-state index in [0.717, 1.165) is 11.1 Å². The van der Waals surface area contributed by atoms with Gasteiger partial charge in [-0.2, -0.15) is 0 Å². The zero-order chi connectivity index (χ0) is 22.1. The second-order valence-corrected chi connectivity index (χ2v) is 7.47. The summed E-state index contributed by atoms with van der Waals surface area (Å²) in [7, 11) is 1.55. The third kappa shape index (κ3) is 3.57. The number of hydrogen-bond acceptors (Lipinski definition) is 5. The lowest BCUT2D eigenvalue weighted by Crippen LogP contribution is -2.30. The number of ketones is 1. The highest BCUT2D eigenvalue weighted by atomic mass is 16.5. The lowest BCUT2D eigenvalue weighted by Gasteiger charge is -2.27. The fourth-order valence-electron chi connectivity index (χ4n) is 3.83. The molecular formula is C25H22N2O4. The molecule has 0 bridgehead atoms. The van der Waals surface area contributed by atoms with Crippen LogP contribution >= 0.6 is 0 Å². The number of aliphatic hydroxyl groups excluding tert-OH is 1. The van der Waals surface area contributed by atoms with E-state index < -0.39 is 17.7 Å². The number of rotatable bonds is 4. The van der Waals surface area contributed by atoms with Gasteiger partial charge in [0.1, 0.15) is 11.5 Å². The van der Waals surface area contributed by atoms with Crippen molar-refractivity contribution in [2.24, 2.45) is 0 Å². The molecule has 1 amide bonds. The molecule has 3 aromatic rings. The van der Waals surface area contributed by atoms with Gasteiger partial charge in [0.25, 0.3) is 11.7 Å². The monoisotopic (exact) mass is 414 g/mol. The SMILES string of the molecule is COc1ccc(/C(O)=C2\C(=O)C(=O)N(c3cc(C)ccc3C)C2c2ccncc2)cc1. The first-order chi connectivity index (χ1) is 14.9. The van der Waals surface area contributed by atoms with Crippen molar-refractivity contribution >= 4 is 23.1 Å². The van der Waals surface area contributed by atoms with Gasteiger partial charge >= 0.3 is 0 Å². The van der Waals surface area contributed by atoms with E-state index in [2.05, 4.69) is 4.98 Å². The predicted octanol–water partition coefficient (Wildman–Crippen LogP) is 4.33. The molecule has 0 saturated carbocycles. The number of aromatic nitrogens is 1. The summed E-state index contributed by atoms with van der Waals surface area (Å²) in [6, 6.07) is 15.2. The Hall–Kier alpha value is -3.93. The summed E-state index contributed by atoms with van der Waals surface area (Å²) in [6.07, 6.45) is 3.21. The minimum atomic E-state index is -0.773. The smallest absolute Gasteiger partial charge is 0.300 e. The summed E-state index contributed by atoms with van der Waals surface area (Å²) in [5.41, 5.74) is 3.62. The standard InChI is InChI=1S/C25H22N2O4/c1-15-4-5-16(2)20(14-15)27-22(17-10-12-26-13-11-17)21(24(29)25(27)30)23(28)18-6-8-19(31-3)9-7-18/h4-14,22,28H,1-3H3/b23-21+. The fourth-order valence-corrected chi connectivity index (χ4v) is 3.83. The fraction of sp³-hybridized carbons (Fsp3) is 0.160. The molecule has 0 aliphatic carbocycles. The summed E-state index contributed by atoms with van der Waals surface area (Å²) in [4.78, 5) is 31.9. The Morgan fingerprint density at radius 3 is 2.32 bits per heavy atom. The van der Waals surface area contributed by atoms with Crippen LogP contribution in [0.1, 0.15) is 28.3 Å². The van der Waals surface area contributed by atoms with E-state index in [9.17, 15) is 14.7 Å². The molecule has 1 aliphatic heterocycles. The second kappa shape index (κ2) is 8.07. The number of nitrogens with zero attached hydrogens (tertiary/aromatic N) is 2. The number of amides is 1. The van der Waals surface area contributed by atoms with Crippen molar-refractivity contribution in [1.82, 2.24) is 4.98 Å². The lowest BCUT2D eigenvalue weighted by atomic mass is 9.95. The maximum atomic E-state index is 13.2. The van der Waals surface area contributed by atoms with Crippen LogP contribution in [0.2, 0.25) is 0 Å². The molecule has 6 heteroatoms. The Bertz CT molecular complexity index is 1180. The topological polar surface area (TPSA) is 79.7 Å². The number of pyridine rings is 1. The van der Waals surface area contributed by atoms with Gasteiger partial charge < -0.3 is 9.84 Å². The highest BCUT2D eigenvalue weighted by molar-refractivity contribution is 6.51. The van der Waals surface area contributed by atoms with Crippen molar-refractivity contribution in [3.63, 3.8) is 0 Å². The highest BCUT2D eigenvalue weighted by Crippen LogP contribution is 2.43. The highest BCUT2D eigenvalue weighted by Gasteiger charge is 2.47. The number of anilines is 1. The molecule has 156 valence electrons. The van der Waals surface area contributed by atoms with Crippen LogP contribution in [0.5, 0.6) is 5.75 Å². The zero-order valence-corrected chi connectivity index (χ0v) is 17.5. The van der Waals surface area contributed by atoms with Crippen LogP contribution in [0.25, 0.3) is 5.76 Å². The molecular weight excluding hydrogens is 392 g/mol. The van der Waals surface area contributed by atoms with Crippen molar-refractivity contribution in [2.45, 2.75) is 19.9 Å². The zero-order valence-electron chi connectivity index (χ0n) is 17.5. The molecule has 4 rings (SSSR count). The van der Waals surface area contributed by atoms with Gasteiger partial charge in [-0.3, -0.25) is 19.5 Å². The number of carbonyl (C=O) groups excluding carboxylic acids is 2. The van der Waals surface area contributed by atoms with Crippen LogP contribution in [0.3, 0.4) is 0 Å². The summed E-state index contributed by atoms with van der Waals surface area (Å²) in [6.45, 7) is 3.82. The van der Waals surface area contributed by atoms with E-state index in [0.29, 0.717) is 22.6 Å². The molecule has 0 spiro atoms. The molecule has 31 heavy (non-hydrogen) atoms. The number of methoxy groups -OCH3 is 1. The summed E-state index contributed by atoms with van der Waals surface area (Å²) >= 11 is 0. The Balaban J connectivity index is 1.94. The maximum absolute atomic E-state index is 13.2. The quantitative estimate of drug-likeness (QED) is 0.390. The predicted molar refractivity (Wildman–Crippen MR) is 118 cm³/mol. The van der Waals surface area contributed by atoms with E-state index in [1.807, 2.05) is 32.0 Å². The summed E-state index contributed by atoms with van der Waals surface area (Å²) in [5.74, 6) is -1.00. The number of aliphatic hydroxyl groups is 1. The minimum Gasteiger partial charge on any atom is -0.507 e. The van der Waals surface area contributed by atoms with Crippen molar-refractivity contribution in [2.75, 3.05) is 12.0 Å². The van der Waals surface area contributed by atoms with Gasteiger partial charge in [-0.1, -0.05) is 12.1 Å². The molecule has 1 unspecified atom stereocenters. The molecule has 1 fully saturated rings. The molecule has 6 nitrogen and oxygen atoms in total. The van der Waals surface area contributed by atoms with E-state index in [1.165, 1.54) is 4.90 Å². The summed E-state index contributed by atoms with van der Waals surface area (Å²) < 4.78 is 5.17. The van der Waals surface area contributed by atoms with Gasteiger partial charge in [0.2, 0.25) is 0 Å².